The molecule has 0 bridgehead atoms. The van der Waals surface area contributed by atoms with Crippen LogP contribution in [0.1, 0.15) is 18.1 Å². The molecule has 108 valence electrons. The van der Waals surface area contributed by atoms with Crippen LogP contribution in [0.3, 0.4) is 0 Å². The standard InChI is InChI=1S/C16H11FN4O/c1-9-16(22)20-14-7-6-10(21-18)8-12(14)15(19-9)11-4-2-3-5-13(11)17/h2-9H,1H3/p+1. The van der Waals surface area contributed by atoms with Gasteiger partial charge in [-0.1, -0.05) is 12.1 Å². The summed E-state index contributed by atoms with van der Waals surface area (Å²) in [5.74, 6) is -0.707. The summed E-state index contributed by atoms with van der Waals surface area (Å²) in [5, 5.41) is 11.7. The molecule has 2 aromatic carbocycles. The van der Waals surface area contributed by atoms with Crippen LogP contribution >= 0.6 is 0 Å². The monoisotopic (exact) mass is 295 g/mol. The van der Waals surface area contributed by atoms with E-state index in [1.165, 1.54) is 6.07 Å². The maximum Gasteiger partial charge on any atom is 0.385 e. The van der Waals surface area contributed by atoms with Crippen molar-refractivity contribution in [2.24, 2.45) is 4.99 Å². The first-order chi connectivity index (χ1) is 10.6. The third-order valence-corrected chi connectivity index (χ3v) is 3.46. The van der Waals surface area contributed by atoms with Gasteiger partial charge in [0.15, 0.2) is 4.98 Å². The first kappa shape index (κ1) is 13.9. The summed E-state index contributed by atoms with van der Waals surface area (Å²) in [6, 6.07) is 10.3. The van der Waals surface area contributed by atoms with Gasteiger partial charge in [-0.2, -0.15) is 0 Å². The number of carbonyl (C=O) groups excluding carboxylic acids is 1. The minimum absolute atomic E-state index is 0.277. The Morgan fingerprint density at radius 3 is 2.73 bits per heavy atom. The Morgan fingerprint density at radius 1 is 1.23 bits per heavy atom. The Balaban J connectivity index is 2.28. The number of benzodiazepines with no additional fused rings is 1. The van der Waals surface area contributed by atoms with Gasteiger partial charge in [0.05, 0.1) is 11.4 Å². The van der Waals surface area contributed by atoms with Crippen molar-refractivity contribution >= 4 is 23.0 Å². The fourth-order valence-corrected chi connectivity index (χ4v) is 2.33. The van der Waals surface area contributed by atoms with Crippen molar-refractivity contribution < 1.29 is 9.18 Å². The molecule has 0 saturated heterocycles. The van der Waals surface area contributed by atoms with Gasteiger partial charge in [0, 0.05) is 23.3 Å². The van der Waals surface area contributed by atoms with Gasteiger partial charge in [-0.15, -0.1) is 0 Å². The fraction of sp³-hybridized carbons (Fsp3) is 0.125. The summed E-state index contributed by atoms with van der Waals surface area (Å²) in [5.41, 5.74) is 1.96. The molecule has 2 aromatic rings. The maximum atomic E-state index is 14.1. The minimum Gasteiger partial charge on any atom is -0.324 e. The van der Waals surface area contributed by atoms with Gasteiger partial charge in [0.2, 0.25) is 11.3 Å². The number of nitrogens with zero attached hydrogens (tertiary/aromatic N) is 3. The lowest BCUT2D eigenvalue weighted by Crippen LogP contribution is -2.22. The predicted molar refractivity (Wildman–Crippen MR) is 81.3 cm³/mol. The van der Waals surface area contributed by atoms with E-state index in [9.17, 15) is 9.18 Å². The van der Waals surface area contributed by atoms with Crippen LogP contribution in [-0.4, -0.2) is 17.7 Å². The van der Waals surface area contributed by atoms with Crippen LogP contribution in [0.5, 0.6) is 0 Å². The summed E-state index contributed by atoms with van der Waals surface area (Å²) < 4.78 is 14.1. The number of anilines is 1. The second kappa shape index (κ2) is 5.37. The molecule has 6 heteroatoms. The minimum atomic E-state index is -0.656. The van der Waals surface area contributed by atoms with Gasteiger partial charge in [-0.05, 0) is 25.1 Å². The normalized spacial score (nSPS) is 16.9. The van der Waals surface area contributed by atoms with Crippen LogP contribution in [0.15, 0.2) is 47.5 Å². The van der Waals surface area contributed by atoms with Crippen molar-refractivity contribution in [3.63, 3.8) is 0 Å². The number of aliphatic imine (C=N–C) groups is 1. The highest BCUT2D eigenvalue weighted by molar-refractivity contribution is 6.20. The highest BCUT2D eigenvalue weighted by Crippen LogP contribution is 2.29. The highest BCUT2D eigenvalue weighted by Gasteiger charge is 2.26. The van der Waals surface area contributed by atoms with Gasteiger partial charge < -0.3 is 5.32 Å². The average Bonchev–Trinajstić information content (AvgIpc) is 2.65. The van der Waals surface area contributed by atoms with Crippen molar-refractivity contribution in [1.82, 2.24) is 0 Å². The smallest absolute Gasteiger partial charge is 0.324 e. The van der Waals surface area contributed by atoms with Gasteiger partial charge in [-0.25, -0.2) is 4.39 Å². The van der Waals surface area contributed by atoms with E-state index < -0.39 is 11.9 Å². The van der Waals surface area contributed by atoms with E-state index in [1.54, 1.807) is 43.3 Å². The third-order valence-electron chi connectivity index (χ3n) is 3.46. The van der Waals surface area contributed by atoms with E-state index in [0.717, 1.165) is 0 Å². The van der Waals surface area contributed by atoms with Crippen LogP contribution < -0.4 is 5.32 Å². The van der Waals surface area contributed by atoms with E-state index in [2.05, 4.69) is 15.3 Å². The first-order valence-corrected chi connectivity index (χ1v) is 6.73. The molecule has 0 spiro atoms. The molecule has 0 radical (unpaired) electrons. The quantitative estimate of drug-likeness (QED) is 0.818. The third kappa shape index (κ3) is 2.33. The lowest BCUT2D eigenvalue weighted by Gasteiger charge is -2.09. The van der Waals surface area contributed by atoms with Crippen molar-refractivity contribution in [3.8, 4) is 0 Å². The number of diazo groups is 1. The largest absolute Gasteiger partial charge is 0.385 e. The zero-order valence-electron chi connectivity index (χ0n) is 11.7. The molecule has 0 aliphatic carbocycles. The van der Waals surface area contributed by atoms with E-state index in [0.29, 0.717) is 28.2 Å². The van der Waals surface area contributed by atoms with Crippen LogP contribution in [0, 0.1) is 11.2 Å². The Kier molecular flexibility index (Phi) is 3.39. The summed E-state index contributed by atoms with van der Waals surface area (Å²) in [6.45, 7) is 1.64. The first-order valence-electron chi connectivity index (χ1n) is 6.73. The number of fused-ring (bicyclic) bond motifs is 1. The topological polar surface area (TPSA) is 69.6 Å². The average molecular weight is 295 g/mol. The molecule has 0 saturated carbocycles. The fourth-order valence-electron chi connectivity index (χ4n) is 2.33. The molecule has 1 amide bonds. The van der Waals surface area contributed by atoms with Crippen LogP contribution in [0.4, 0.5) is 15.8 Å². The number of rotatable bonds is 1. The zero-order valence-corrected chi connectivity index (χ0v) is 11.7. The van der Waals surface area contributed by atoms with Gasteiger partial charge in [0.25, 0.3) is 0 Å². The van der Waals surface area contributed by atoms with Crippen molar-refractivity contribution in [3.05, 3.63) is 64.4 Å². The molecule has 1 atom stereocenters. The summed E-state index contributed by atoms with van der Waals surface area (Å²) in [6.07, 6.45) is 0. The number of amides is 1. The number of halogens is 1. The molecule has 3 rings (SSSR count). The molecule has 0 aromatic heterocycles. The zero-order chi connectivity index (χ0) is 15.7. The number of hydrogen-bond donors (Lipinski definition) is 1. The Labute approximate surface area is 126 Å². The molecule has 1 unspecified atom stereocenters. The SMILES string of the molecule is CC1N=C(c2ccccc2F)c2cc([N+]#N)ccc2NC1=O. The molecular weight excluding hydrogens is 283 g/mol. The lowest BCUT2D eigenvalue weighted by atomic mass is 9.99. The van der Waals surface area contributed by atoms with Crippen LogP contribution in [0.25, 0.3) is 4.98 Å². The maximum absolute atomic E-state index is 14.1. The Hall–Kier alpha value is -3.07. The molecule has 0 fully saturated rings. The van der Waals surface area contributed by atoms with Crippen molar-refractivity contribution in [1.29, 1.82) is 5.39 Å². The highest BCUT2D eigenvalue weighted by atomic mass is 19.1. The molecule has 5 nitrogen and oxygen atoms in total. The Bertz CT molecular complexity index is 838. The number of hydrogen-bond acceptors (Lipinski definition) is 3. The predicted octanol–water partition coefficient (Wildman–Crippen LogP) is 3.49. The second-order valence-electron chi connectivity index (χ2n) is 4.95. The van der Waals surface area contributed by atoms with Gasteiger partial charge in [0.1, 0.15) is 11.9 Å². The second-order valence-corrected chi connectivity index (χ2v) is 4.95. The van der Waals surface area contributed by atoms with Gasteiger partial charge in [-0.3, -0.25) is 9.79 Å². The molecule has 1 aliphatic heterocycles. The molecule has 1 heterocycles. The van der Waals surface area contributed by atoms with E-state index in [-0.39, 0.29) is 5.91 Å². The van der Waals surface area contributed by atoms with Crippen molar-refractivity contribution in [2.45, 2.75) is 13.0 Å². The number of nitrogens with one attached hydrogen (secondary N) is 1. The molecule has 22 heavy (non-hydrogen) atoms. The molecular formula is C16H12FN4O+. The van der Waals surface area contributed by atoms with E-state index in [1.807, 2.05) is 0 Å². The van der Waals surface area contributed by atoms with Gasteiger partial charge >= 0.3 is 5.69 Å². The van der Waals surface area contributed by atoms with Crippen LogP contribution in [0.2, 0.25) is 0 Å². The lowest BCUT2D eigenvalue weighted by molar-refractivity contribution is -0.116. The number of carbonyl (C=O) groups is 1. The molecule has 1 aliphatic rings. The van der Waals surface area contributed by atoms with E-state index >= 15 is 0 Å². The summed E-state index contributed by atoms with van der Waals surface area (Å²) in [7, 11) is 0. The Morgan fingerprint density at radius 2 is 2.00 bits per heavy atom. The van der Waals surface area contributed by atoms with Crippen LogP contribution in [-0.2, 0) is 4.79 Å². The van der Waals surface area contributed by atoms with E-state index in [4.69, 9.17) is 5.39 Å². The summed E-state index contributed by atoms with van der Waals surface area (Å²) in [4.78, 5) is 19.5. The number of benzene rings is 2. The molecule has 1 N–H and O–H groups in total. The van der Waals surface area contributed by atoms with Crippen molar-refractivity contribution in [2.75, 3.05) is 5.32 Å². The summed E-state index contributed by atoms with van der Waals surface area (Å²) >= 11 is 0.